The topological polar surface area (TPSA) is 76.2 Å². The van der Waals surface area contributed by atoms with Crippen LogP contribution in [0.2, 0.25) is 0 Å². The molecule has 2 saturated heterocycles. The van der Waals surface area contributed by atoms with E-state index in [2.05, 4.69) is 5.32 Å². The van der Waals surface area contributed by atoms with E-state index in [0.717, 1.165) is 28.9 Å². The van der Waals surface area contributed by atoms with Crippen molar-refractivity contribution < 1.29 is 14.4 Å². The molecule has 1 N–H and O–H groups in total. The van der Waals surface area contributed by atoms with Gasteiger partial charge in [-0.05, 0) is 42.9 Å². The van der Waals surface area contributed by atoms with Crippen molar-refractivity contribution in [1.82, 2.24) is 25.1 Å². The molecule has 2 aliphatic rings. The van der Waals surface area contributed by atoms with Gasteiger partial charge in [0.2, 0.25) is 11.8 Å². The first kappa shape index (κ1) is 27.0. The number of piperazine rings is 1. The van der Waals surface area contributed by atoms with Gasteiger partial charge < -0.3 is 15.1 Å². The Morgan fingerprint density at radius 3 is 2.46 bits per heavy atom. The summed E-state index contributed by atoms with van der Waals surface area (Å²) in [7, 11) is 0. The van der Waals surface area contributed by atoms with Crippen LogP contribution in [0.5, 0.6) is 0 Å². The van der Waals surface area contributed by atoms with E-state index >= 15 is 0 Å². The van der Waals surface area contributed by atoms with Gasteiger partial charge in [-0.2, -0.15) is 11.8 Å². The molecule has 0 saturated carbocycles. The molecular formula is C28H37N5O3S. The van der Waals surface area contributed by atoms with Crippen LogP contribution in [-0.2, 0) is 22.7 Å². The molecule has 0 aliphatic carbocycles. The maximum absolute atomic E-state index is 13.7. The summed E-state index contributed by atoms with van der Waals surface area (Å²) in [5.41, 5.74) is 3.19. The first-order valence-electron chi connectivity index (χ1n) is 12.9. The highest BCUT2D eigenvalue weighted by molar-refractivity contribution is 7.98. The molecule has 4 amide bonds. The van der Waals surface area contributed by atoms with Crippen molar-refractivity contribution in [2.45, 2.75) is 52.0 Å². The number of urea groups is 1. The van der Waals surface area contributed by atoms with Crippen LogP contribution < -0.4 is 5.32 Å². The minimum atomic E-state index is -0.586. The fraction of sp³-hybridized carbons (Fsp3) is 0.464. The van der Waals surface area contributed by atoms with Crippen molar-refractivity contribution >= 4 is 29.6 Å². The van der Waals surface area contributed by atoms with E-state index in [9.17, 15) is 14.4 Å². The normalized spacial score (nSPS) is 20.2. The van der Waals surface area contributed by atoms with Gasteiger partial charge in [0.15, 0.2) is 0 Å². The second kappa shape index (κ2) is 12.5. The number of amides is 4. The van der Waals surface area contributed by atoms with E-state index in [1.165, 1.54) is 0 Å². The number of nitrogens with one attached hydrogen (secondary N) is 1. The molecule has 2 atom stereocenters. The van der Waals surface area contributed by atoms with Gasteiger partial charge in [-0.15, -0.1) is 0 Å². The Hall–Kier alpha value is -3.04. The third kappa shape index (κ3) is 6.27. The van der Waals surface area contributed by atoms with Crippen LogP contribution >= 0.6 is 11.8 Å². The van der Waals surface area contributed by atoms with E-state index in [0.29, 0.717) is 26.1 Å². The Morgan fingerprint density at radius 1 is 1.05 bits per heavy atom. The van der Waals surface area contributed by atoms with E-state index in [1.54, 1.807) is 21.7 Å². The molecule has 2 heterocycles. The molecule has 4 rings (SSSR count). The van der Waals surface area contributed by atoms with Crippen LogP contribution in [0.15, 0.2) is 54.6 Å². The molecule has 37 heavy (non-hydrogen) atoms. The molecule has 2 aliphatic heterocycles. The largest absolute Gasteiger partial charge is 0.334 e. The first-order chi connectivity index (χ1) is 17.9. The van der Waals surface area contributed by atoms with Gasteiger partial charge in [0.1, 0.15) is 12.2 Å². The summed E-state index contributed by atoms with van der Waals surface area (Å²) < 4.78 is 0. The fourth-order valence-electron chi connectivity index (χ4n) is 5.06. The van der Waals surface area contributed by atoms with Gasteiger partial charge in [-0.25, -0.2) is 14.8 Å². The number of carbonyl (C=O) groups excluding carboxylic acids is 3. The predicted molar refractivity (Wildman–Crippen MR) is 146 cm³/mol. The zero-order valence-corrected chi connectivity index (χ0v) is 22.7. The Kier molecular flexibility index (Phi) is 9.10. The lowest BCUT2D eigenvalue weighted by atomic mass is 10.0. The number of carbonyl (C=O) groups is 3. The number of thioether (sulfide) groups is 1. The maximum atomic E-state index is 13.7. The van der Waals surface area contributed by atoms with Gasteiger partial charge >= 0.3 is 6.03 Å². The van der Waals surface area contributed by atoms with Crippen molar-refractivity contribution in [1.29, 1.82) is 0 Å². The molecule has 2 fully saturated rings. The number of hydrogen-bond donors (Lipinski definition) is 1. The molecule has 0 spiro atoms. The van der Waals surface area contributed by atoms with Crippen LogP contribution in [0.1, 0.15) is 36.5 Å². The lowest BCUT2D eigenvalue weighted by Gasteiger charge is -2.55. The van der Waals surface area contributed by atoms with E-state index in [4.69, 9.17) is 0 Å². The summed E-state index contributed by atoms with van der Waals surface area (Å²) in [6.07, 6.45) is 2.79. The molecule has 198 valence electrons. The summed E-state index contributed by atoms with van der Waals surface area (Å²) in [5.74, 6) is 0.609. The zero-order valence-electron chi connectivity index (χ0n) is 21.9. The molecule has 2 aromatic rings. The average Bonchev–Trinajstić information content (AvgIpc) is 2.89. The van der Waals surface area contributed by atoms with Crippen LogP contribution in [0.4, 0.5) is 4.79 Å². The minimum absolute atomic E-state index is 0.0483. The van der Waals surface area contributed by atoms with Crippen LogP contribution in [0, 0.1) is 6.92 Å². The Labute approximate surface area is 223 Å². The Bertz CT molecular complexity index is 1080. The quantitative estimate of drug-likeness (QED) is 0.545. The molecule has 9 heteroatoms. The van der Waals surface area contributed by atoms with Gasteiger partial charge in [0.25, 0.3) is 0 Å². The number of hydrogen-bond acceptors (Lipinski definition) is 5. The maximum Gasteiger partial charge on any atom is 0.334 e. The van der Waals surface area contributed by atoms with E-state index in [1.807, 2.05) is 84.6 Å². The van der Waals surface area contributed by atoms with E-state index in [-0.39, 0.29) is 30.9 Å². The lowest BCUT2D eigenvalue weighted by molar-refractivity contribution is -0.191. The van der Waals surface area contributed by atoms with Crippen molar-refractivity contribution in [2.24, 2.45) is 0 Å². The highest BCUT2D eigenvalue weighted by Gasteiger charge is 2.50. The second-order valence-corrected chi connectivity index (χ2v) is 10.6. The second-order valence-electron chi connectivity index (χ2n) is 9.66. The SMILES string of the molecule is CCCN1CC(=O)N2[C@@H](CCSC)C(=O)N(Cc3ccc(C)cc3)C[C@@H]2N1C(=O)NCc1ccccc1. The number of fused-ring (bicyclic) bond motifs is 1. The zero-order chi connectivity index (χ0) is 26.4. The lowest BCUT2D eigenvalue weighted by Crippen LogP contribution is -2.76. The number of rotatable bonds is 9. The van der Waals surface area contributed by atoms with Gasteiger partial charge in [0.05, 0.1) is 13.1 Å². The van der Waals surface area contributed by atoms with Crippen LogP contribution in [0.3, 0.4) is 0 Å². The highest BCUT2D eigenvalue weighted by Crippen LogP contribution is 2.29. The number of benzene rings is 2. The fourth-order valence-corrected chi connectivity index (χ4v) is 5.52. The average molecular weight is 524 g/mol. The summed E-state index contributed by atoms with van der Waals surface area (Å²) >= 11 is 1.65. The molecule has 8 nitrogen and oxygen atoms in total. The molecule has 2 aromatic carbocycles. The van der Waals surface area contributed by atoms with E-state index < -0.39 is 12.2 Å². The summed E-state index contributed by atoms with van der Waals surface area (Å²) in [6, 6.07) is 17.1. The highest BCUT2D eigenvalue weighted by atomic mass is 32.2. The first-order valence-corrected chi connectivity index (χ1v) is 14.3. The third-order valence-electron chi connectivity index (χ3n) is 6.90. The molecule has 0 radical (unpaired) electrons. The van der Waals surface area contributed by atoms with Crippen molar-refractivity contribution in [3.8, 4) is 0 Å². The molecular weight excluding hydrogens is 486 g/mol. The smallest absolute Gasteiger partial charge is 0.333 e. The van der Waals surface area contributed by atoms with Gasteiger partial charge in [-0.1, -0.05) is 67.1 Å². The Morgan fingerprint density at radius 2 is 1.78 bits per heavy atom. The third-order valence-corrected chi connectivity index (χ3v) is 7.54. The summed E-state index contributed by atoms with van der Waals surface area (Å²) in [4.78, 5) is 44.3. The van der Waals surface area contributed by atoms with Crippen molar-refractivity contribution in [3.05, 3.63) is 71.3 Å². The predicted octanol–water partition coefficient (Wildman–Crippen LogP) is 3.47. The standard InChI is InChI=1S/C28H37N5O3S/c1-4-15-31-20-26(34)32-24(14-16-37-3)27(35)30(18-23-12-10-21(2)11-13-23)19-25(32)33(31)28(36)29-17-22-8-6-5-7-9-22/h5-13,24-25H,4,14-20H2,1-3H3,(H,29,36)/t24-,25-/m0/s1. The molecule has 0 aromatic heterocycles. The van der Waals surface area contributed by atoms with Crippen LogP contribution in [0.25, 0.3) is 0 Å². The van der Waals surface area contributed by atoms with Crippen molar-refractivity contribution in [3.63, 3.8) is 0 Å². The van der Waals surface area contributed by atoms with Crippen molar-refractivity contribution in [2.75, 3.05) is 31.6 Å². The number of nitrogens with zero attached hydrogens (tertiary/aromatic N) is 4. The molecule has 0 bridgehead atoms. The number of hydrazine groups is 1. The van der Waals surface area contributed by atoms with Crippen LogP contribution in [-0.4, -0.2) is 81.5 Å². The minimum Gasteiger partial charge on any atom is -0.333 e. The summed E-state index contributed by atoms with van der Waals surface area (Å²) in [5, 5.41) is 6.58. The number of aryl methyl sites for hydroxylation is 1. The van der Waals surface area contributed by atoms with Gasteiger partial charge in [-0.3, -0.25) is 9.59 Å². The summed E-state index contributed by atoms with van der Waals surface area (Å²) in [6.45, 7) is 5.84. The molecule has 0 unspecified atom stereocenters. The Balaban J connectivity index is 1.63. The monoisotopic (exact) mass is 523 g/mol. The van der Waals surface area contributed by atoms with Gasteiger partial charge in [0, 0.05) is 19.6 Å².